The summed E-state index contributed by atoms with van der Waals surface area (Å²) in [6.45, 7) is 1.32. The number of hydrogen-bond donors (Lipinski definition) is 2. The van der Waals surface area contributed by atoms with Gasteiger partial charge in [0.25, 0.3) is 5.91 Å². The van der Waals surface area contributed by atoms with Crippen molar-refractivity contribution >= 4 is 11.9 Å². The number of methoxy groups -OCH3 is 1. The zero-order chi connectivity index (χ0) is 14.6. The lowest BCUT2D eigenvalue weighted by Crippen LogP contribution is -2.30. The Hall–Kier alpha value is -1.88. The van der Waals surface area contributed by atoms with Crippen LogP contribution in [0.4, 0.5) is 0 Å². The first kappa shape index (κ1) is 14.5. The van der Waals surface area contributed by atoms with E-state index in [9.17, 15) is 9.59 Å². The minimum absolute atomic E-state index is 0.123. The summed E-state index contributed by atoms with van der Waals surface area (Å²) in [5.74, 6) is -1.25. The Morgan fingerprint density at radius 1 is 1.35 bits per heavy atom. The molecule has 5 heteroatoms. The van der Waals surface area contributed by atoms with Gasteiger partial charge in [-0.3, -0.25) is 4.79 Å². The lowest BCUT2D eigenvalue weighted by molar-refractivity contribution is 0.0697. The van der Waals surface area contributed by atoms with Gasteiger partial charge in [0.1, 0.15) is 0 Å². The number of aromatic carboxylic acids is 1. The minimum atomic E-state index is -1.03. The largest absolute Gasteiger partial charge is 0.478 e. The van der Waals surface area contributed by atoms with Crippen molar-refractivity contribution in [1.82, 2.24) is 5.32 Å². The SMILES string of the molecule is COCCC1(CNC(=O)c2cccc(C(=O)O)c2)CC1. The Kier molecular flexibility index (Phi) is 4.39. The zero-order valence-electron chi connectivity index (χ0n) is 11.5. The van der Waals surface area contributed by atoms with Crippen LogP contribution in [-0.2, 0) is 4.74 Å². The average molecular weight is 277 g/mol. The Morgan fingerprint density at radius 2 is 2.05 bits per heavy atom. The molecular weight excluding hydrogens is 258 g/mol. The molecule has 1 aliphatic carbocycles. The molecule has 0 spiro atoms. The third kappa shape index (κ3) is 3.57. The number of amides is 1. The number of benzene rings is 1. The number of rotatable bonds is 7. The number of carbonyl (C=O) groups excluding carboxylic acids is 1. The van der Waals surface area contributed by atoms with Gasteiger partial charge in [0, 0.05) is 25.8 Å². The van der Waals surface area contributed by atoms with E-state index in [-0.39, 0.29) is 16.9 Å². The summed E-state index contributed by atoms with van der Waals surface area (Å²) in [5, 5.41) is 11.8. The number of hydrogen-bond acceptors (Lipinski definition) is 3. The fraction of sp³-hybridized carbons (Fsp3) is 0.467. The molecule has 1 amide bonds. The maximum absolute atomic E-state index is 12.0. The second-order valence-corrected chi connectivity index (χ2v) is 5.31. The van der Waals surface area contributed by atoms with E-state index in [0.29, 0.717) is 18.7 Å². The fourth-order valence-electron chi connectivity index (χ4n) is 2.17. The minimum Gasteiger partial charge on any atom is -0.478 e. The average Bonchev–Trinajstić information content (AvgIpc) is 3.23. The van der Waals surface area contributed by atoms with Crippen LogP contribution in [0.25, 0.3) is 0 Å². The molecule has 0 radical (unpaired) electrons. The summed E-state index contributed by atoms with van der Waals surface area (Å²) >= 11 is 0. The van der Waals surface area contributed by atoms with Gasteiger partial charge < -0.3 is 15.2 Å². The monoisotopic (exact) mass is 277 g/mol. The second-order valence-electron chi connectivity index (χ2n) is 5.31. The smallest absolute Gasteiger partial charge is 0.335 e. The summed E-state index contributed by atoms with van der Waals surface area (Å²) < 4.78 is 5.07. The molecule has 20 heavy (non-hydrogen) atoms. The van der Waals surface area contributed by atoms with Gasteiger partial charge in [-0.25, -0.2) is 4.79 Å². The van der Waals surface area contributed by atoms with Gasteiger partial charge in [-0.2, -0.15) is 0 Å². The zero-order valence-corrected chi connectivity index (χ0v) is 11.5. The maximum Gasteiger partial charge on any atom is 0.335 e. The lowest BCUT2D eigenvalue weighted by Gasteiger charge is -2.15. The van der Waals surface area contributed by atoms with E-state index in [4.69, 9.17) is 9.84 Å². The Balaban J connectivity index is 1.92. The van der Waals surface area contributed by atoms with E-state index in [1.54, 1.807) is 19.2 Å². The molecule has 0 unspecified atom stereocenters. The summed E-state index contributed by atoms with van der Waals surface area (Å²) in [5.41, 5.74) is 0.682. The van der Waals surface area contributed by atoms with E-state index in [2.05, 4.69) is 5.32 Å². The number of ether oxygens (including phenoxy) is 1. The van der Waals surface area contributed by atoms with Crippen LogP contribution in [0, 0.1) is 5.41 Å². The van der Waals surface area contributed by atoms with Crippen LogP contribution >= 0.6 is 0 Å². The molecular formula is C15H19NO4. The van der Waals surface area contributed by atoms with Gasteiger partial charge in [-0.1, -0.05) is 6.07 Å². The molecule has 0 aromatic heterocycles. The summed E-state index contributed by atoms with van der Waals surface area (Å²) in [7, 11) is 1.67. The highest BCUT2D eigenvalue weighted by atomic mass is 16.5. The Bertz CT molecular complexity index is 508. The molecule has 1 saturated carbocycles. The molecule has 0 heterocycles. The number of nitrogens with one attached hydrogen (secondary N) is 1. The van der Waals surface area contributed by atoms with E-state index >= 15 is 0 Å². The fourth-order valence-corrected chi connectivity index (χ4v) is 2.17. The topological polar surface area (TPSA) is 75.6 Å². The van der Waals surface area contributed by atoms with E-state index in [0.717, 1.165) is 19.3 Å². The highest BCUT2D eigenvalue weighted by Gasteiger charge is 2.42. The second kappa shape index (κ2) is 6.05. The third-order valence-electron chi connectivity index (χ3n) is 3.79. The summed E-state index contributed by atoms with van der Waals surface area (Å²) in [6.07, 6.45) is 3.15. The number of carboxylic acid groups (broad SMARTS) is 1. The van der Waals surface area contributed by atoms with Crippen molar-refractivity contribution in [2.45, 2.75) is 19.3 Å². The van der Waals surface area contributed by atoms with Gasteiger partial charge >= 0.3 is 5.97 Å². The van der Waals surface area contributed by atoms with Crippen molar-refractivity contribution in [1.29, 1.82) is 0 Å². The van der Waals surface area contributed by atoms with Crippen molar-refractivity contribution in [3.05, 3.63) is 35.4 Å². The highest BCUT2D eigenvalue weighted by Crippen LogP contribution is 2.48. The predicted molar refractivity (Wildman–Crippen MR) is 73.9 cm³/mol. The molecule has 5 nitrogen and oxygen atoms in total. The van der Waals surface area contributed by atoms with E-state index < -0.39 is 5.97 Å². The van der Waals surface area contributed by atoms with Crippen LogP contribution < -0.4 is 5.32 Å². The first-order valence-electron chi connectivity index (χ1n) is 6.67. The molecule has 0 aliphatic heterocycles. The number of carboxylic acids is 1. The molecule has 1 aromatic carbocycles. The third-order valence-corrected chi connectivity index (χ3v) is 3.79. The Labute approximate surface area is 117 Å². The van der Waals surface area contributed by atoms with E-state index in [1.165, 1.54) is 12.1 Å². The molecule has 1 aliphatic rings. The summed E-state index contributed by atoms with van der Waals surface area (Å²) in [4.78, 5) is 22.9. The summed E-state index contributed by atoms with van der Waals surface area (Å²) in [6, 6.07) is 6.07. The van der Waals surface area contributed by atoms with Crippen LogP contribution in [0.15, 0.2) is 24.3 Å². The molecule has 2 N–H and O–H groups in total. The first-order chi connectivity index (χ1) is 9.56. The van der Waals surface area contributed by atoms with Crippen LogP contribution in [0.5, 0.6) is 0 Å². The molecule has 1 fully saturated rings. The van der Waals surface area contributed by atoms with Crippen LogP contribution in [0.3, 0.4) is 0 Å². The van der Waals surface area contributed by atoms with Gasteiger partial charge in [-0.05, 0) is 42.9 Å². The molecule has 0 atom stereocenters. The standard InChI is InChI=1S/C15H19NO4/c1-20-8-7-15(5-6-15)10-16-13(17)11-3-2-4-12(9-11)14(18)19/h2-4,9H,5-8,10H2,1H3,(H,16,17)(H,18,19). The van der Waals surface area contributed by atoms with Crippen LogP contribution in [0.2, 0.25) is 0 Å². The Morgan fingerprint density at radius 3 is 2.65 bits per heavy atom. The van der Waals surface area contributed by atoms with E-state index in [1.807, 2.05) is 0 Å². The lowest BCUT2D eigenvalue weighted by atomic mass is 10.0. The van der Waals surface area contributed by atoms with Crippen molar-refractivity contribution < 1.29 is 19.4 Å². The van der Waals surface area contributed by atoms with Crippen LogP contribution in [0.1, 0.15) is 40.0 Å². The van der Waals surface area contributed by atoms with Crippen LogP contribution in [-0.4, -0.2) is 37.2 Å². The van der Waals surface area contributed by atoms with Crippen molar-refractivity contribution in [2.24, 2.45) is 5.41 Å². The molecule has 0 saturated heterocycles. The van der Waals surface area contributed by atoms with Crippen molar-refractivity contribution in [3.8, 4) is 0 Å². The molecule has 0 bridgehead atoms. The van der Waals surface area contributed by atoms with Gasteiger partial charge in [0.05, 0.1) is 5.56 Å². The van der Waals surface area contributed by atoms with Gasteiger partial charge in [0.15, 0.2) is 0 Å². The number of carbonyl (C=O) groups is 2. The predicted octanol–water partition coefficient (Wildman–Crippen LogP) is 1.93. The van der Waals surface area contributed by atoms with Gasteiger partial charge in [-0.15, -0.1) is 0 Å². The maximum atomic E-state index is 12.0. The van der Waals surface area contributed by atoms with Gasteiger partial charge in [0.2, 0.25) is 0 Å². The molecule has 108 valence electrons. The normalized spacial score (nSPS) is 15.7. The first-order valence-corrected chi connectivity index (χ1v) is 6.67. The highest BCUT2D eigenvalue weighted by molar-refractivity contribution is 5.97. The molecule has 2 rings (SSSR count). The van der Waals surface area contributed by atoms with Crippen molar-refractivity contribution in [2.75, 3.05) is 20.3 Å². The van der Waals surface area contributed by atoms with Crippen molar-refractivity contribution in [3.63, 3.8) is 0 Å². The quantitative estimate of drug-likeness (QED) is 0.798. The molecule has 1 aromatic rings.